The molecule has 0 spiro atoms. The summed E-state index contributed by atoms with van der Waals surface area (Å²) in [5.74, 6) is 0.588. The number of hydrogen-bond acceptors (Lipinski definition) is 1. The summed E-state index contributed by atoms with van der Waals surface area (Å²) in [5, 5.41) is 0. The van der Waals surface area contributed by atoms with Gasteiger partial charge in [0.15, 0.2) is 0 Å². The smallest absolute Gasteiger partial charge is 0.137 e. The minimum Gasteiger partial charge on any atom is -0.296 e. The molecule has 1 saturated heterocycles. The molecule has 1 aliphatic heterocycles. The highest BCUT2D eigenvalue weighted by atomic mass is 79.9. The molecule has 0 N–H and O–H groups in total. The summed E-state index contributed by atoms with van der Waals surface area (Å²) in [5.41, 5.74) is 1.18. The highest BCUT2D eigenvalue weighted by Crippen LogP contribution is 2.25. The van der Waals surface area contributed by atoms with E-state index in [1.807, 2.05) is 12.1 Å². The number of halogens is 2. The third kappa shape index (κ3) is 2.64. The molecule has 1 aromatic carbocycles. The summed E-state index contributed by atoms with van der Waals surface area (Å²) in [6.45, 7) is 6.62. The van der Waals surface area contributed by atoms with Crippen LogP contribution in [0.4, 0.5) is 4.39 Å². The first kappa shape index (κ1) is 12.1. The maximum absolute atomic E-state index is 13.1. The molecule has 1 aromatic rings. The van der Waals surface area contributed by atoms with Crippen molar-refractivity contribution >= 4 is 15.9 Å². The zero-order valence-electron chi connectivity index (χ0n) is 9.71. The Hall–Kier alpha value is -0.410. The van der Waals surface area contributed by atoms with E-state index in [9.17, 15) is 4.39 Å². The van der Waals surface area contributed by atoms with Crippen molar-refractivity contribution in [2.24, 2.45) is 5.92 Å². The molecule has 16 heavy (non-hydrogen) atoms. The number of rotatable bonds is 2. The van der Waals surface area contributed by atoms with Gasteiger partial charge in [-0.25, -0.2) is 4.39 Å². The van der Waals surface area contributed by atoms with Gasteiger partial charge in [-0.3, -0.25) is 4.90 Å². The van der Waals surface area contributed by atoms with Gasteiger partial charge >= 0.3 is 0 Å². The molecule has 2 atom stereocenters. The SMILES string of the molecule is CC1CC(C)N(Cc2ccc(F)c(Br)c2)C1. The fourth-order valence-corrected chi connectivity index (χ4v) is 2.91. The molecule has 1 aliphatic rings. The Morgan fingerprint density at radius 1 is 1.44 bits per heavy atom. The molecular weight excluding hydrogens is 269 g/mol. The highest BCUT2D eigenvalue weighted by Gasteiger charge is 2.25. The first-order valence-corrected chi connectivity index (χ1v) is 6.53. The summed E-state index contributed by atoms with van der Waals surface area (Å²) >= 11 is 3.23. The summed E-state index contributed by atoms with van der Waals surface area (Å²) in [4.78, 5) is 2.46. The Morgan fingerprint density at radius 2 is 2.19 bits per heavy atom. The number of nitrogens with zero attached hydrogens (tertiary/aromatic N) is 1. The third-order valence-corrected chi connectivity index (χ3v) is 3.89. The van der Waals surface area contributed by atoms with Crippen LogP contribution >= 0.6 is 15.9 Å². The second kappa shape index (κ2) is 4.84. The van der Waals surface area contributed by atoms with Gasteiger partial charge in [0.1, 0.15) is 5.82 Å². The van der Waals surface area contributed by atoms with E-state index >= 15 is 0 Å². The van der Waals surface area contributed by atoms with Crippen LogP contribution in [0.2, 0.25) is 0 Å². The molecule has 88 valence electrons. The largest absolute Gasteiger partial charge is 0.296 e. The van der Waals surface area contributed by atoms with E-state index in [0.717, 1.165) is 19.0 Å². The maximum atomic E-state index is 13.1. The second-order valence-corrected chi connectivity index (χ2v) is 5.72. The fraction of sp³-hybridized carbons (Fsp3) is 0.538. The summed E-state index contributed by atoms with van der Waals surface area (Å²) in [6, 6.07) is 5.92. The summed E-state index contributed by atoms with van der Waals surface area (Å²) in [7, 11) is 0. The molecule has 1 fully saturated rings. The van der Waals surface area contributed by atoms with Crippen molar-refractivity contribution in [3.63, 3.8) is 0 Å². The quantitative estimate of drug-likeness (QED) is 0.799. The minimum absolute atomic E-state index is 0.188. The van der Waals surface area contributed by atoms with Gasteiger partial charge < -0.3 is 0 Å². The van der Waals surface area contributed by atoms with Crippen molar-refractivity contribution in [2.45, 2.75) is 32.9 Å². The first-order chi connectivity index (χ1) is 7.56. The van der Waals surface area contributed by atoms with Gasteiger partial charge in [0.2, 0.25) is 0 Å². The van der Waals surface area contributed by atoms with Gasteiger partial charge in [0, 0.05) is 19.1 Å². The van der Waals surface area contributed by atoms with E-state index in [1.165, 1.54) is 18.1 Å². The van der Waals surface area contributed by atoms with Crippen LogP contribution in [0.3, 0.4) is 0 Å². The molecule has 0 amide bonds. The van der Waals surface area contributed by atoms with Crippen LogP contribution in [-0.4, -0.2) is 17.5 Å². The Kier molecular flexibility index (Phi) is 3.65. The number of benzene rings is 1. The Labute approximate surface area is 105 Å². The van der Waals surface area contributed by atoms with Gasteiger partial charge in [0.05, 0.1) is 4.47 Å². The molecule has 0 saturated carbocycles. The Morgan fingerprint density at radius 3 is 2.75 bits per heavy atom. The van der Waals surface area contributed by atoms with Crippen molar-refractivity contribution in [2.75, 3.05) is 6.54 Å². The number of hydrogen-bond donors (Lipinski definition) is 0. The molecule has 1 heterocycles. The van der Waals surface area contributed by atoms with E-state index in [1.54, 1.807) is 0 Å². The van der Waals surface area contributed by atoms with Gasteiger partial charge in [0.25, 0.3) is 0 Å². The van der Waals surface area contributed by atoms with Crippen LogP contribution in [0, 0.1) is 11.7 Å². The lowest BCUT2D eigenvalue weighted by atomic mass is 10.1. The molecule has 0 aromatic heterocycles. The average Bonchev–Trinajstić information content (AvgIpc) is 2.51. The molecule has 0 aliphatic carbocycles. The molecular formula is C13H17BrFN. The lowest BCUT2D eigenvalue weighted by Gasteiger charge is -2.21. The van der Waals surface area contributed by atoms with Crippen LogP contribution in [0.15, 0.2) is 22.7 Å². The predicted octanol–water partition coefficient (Wildman–Crippen LogP) is 3.82. The second-order valence-electron chi connectivity index (χ2n) is 4.87. The predicted molar refractivity (Wildman–Crippen MR) is 67.8 cm³/mol. The summed E-state index contributed by atoms with van der Waals surface area (Å²) < 4.78 is 13.7. The van der Waals surface area contributed by atoms with E-state index < -0.39 is 0 Å². The summed E-state index contributed by atoms with van der Waals surface area (Å²) in [6.07, 6.45) is 1.27. The van der Waals surface area contributed by atoms with Gasteiger partial charge in [-0.05, 0) is 52.9 Å². The van der Waals surface area contributed by atoms with Crippen molar-refractivity contribution in [3.8, 4) is 0 Å². The van der Waals surface area contributed by atoms with Crippen molar-refractivity contribution < 1.29 is 4.39 Å². The van der Waals surface area contributed by atoms with Crippen molar-refractivity contribution in [1.82, 2.24) is 4.90 Å². The van der Waals surface area contributed by atoms with Crippen LogP contribution in [0.25, 0.3) is 0 Å². The van der Waals surface area contributed by atoms with Gasteiger partial charge in [-0.2, -0.15) is 0 Å². The van der Waals surface area contributed by atoms with E-state index in [2.05, 4.69) is 34.7 Å². The molecule has 2 unspecified atom stereocenters. The standard InChI is InChI=1S/C13H17BrFN/c1-9-5-10(2)16(7-9)8-11-3-4-13(15)12(14)6-11/h3-4,6,9-10H,5,7-8H2,1-2H3. The fourth-order valence-electron chi connectivity index (χ4n) is 2.48. The molecule has 2 rings (SSSR count). The topological polar surface area (TPSA) is 3.24 Å². The Bertz CT molecular complexity index is 380. The van der Waals surface area contributed by atoms with E-state index in [0.29, 0.717) is 10.5 Å². The highest BCUT2D eigenvalue weighted by molar-refractivity contribution is 9.10. The van der Waals surface area contributed by atoms with E-state index in [-0.39, 0.29) is 5.82 Å². The third-order valence-electron chi connectivity index (χ3n) is 3.28. The molecule has 0 bridgehead atoms. The van der Waals surface area contributed by atoms with Crippen molar-refractivity contribution in [1.29, 1.82) is 0 Å². The molecule has 3 heteroatoms. The van der Waals surface area contributed by atoms with Crippen LogP contribution in [0.5, 0.6) is 0 Å². The van der Waals surface area contributed by atoms with E-state index in [4.69, 9.17) is 0 Å². The zero-order valence-corrected chi connectivity index (χ0v) is 11.3. The normalized spacial score (nSPS) is 26.2. The average molecular weight is 286 g/mol. The first-order valence-electron chi connectivity index (χ1n) is 5.74. The maximum Gasteiger partial charge on any atom is 0.137 e. The zero-order chi connectivity index (χ0) is 11.7. The number of likely N-dealkylation sites (tertiary alicyclic amines) is 1. The Balaban J connectivity index is 2.06. The van der Waals surface area contributed by atoms with Crippen LogP contribution in [0.1, 0.15) is 25.8 Å². The molecule has 1 nitrogen and oxygen atoms in total. The van der Waals surface area contributed by atoms with Crippen LogP contribution in [-0.2, 0) is 6.54 Å². The van der Waals surface area contributed by atoms with Crippen LogP contribution < -0.4 is 0 Å². The monoisotopic (exact) mass is 285 g/mol. The molecule has 0 radical (unpaired) electrons. The lowest BCUT2D eigenvalue weighted by Crippen LogP contribution is -2.26. The van der Waals surface area contributed by atoms with Gasteiger partial charge in [-0.15, -0.1) is 0 Å². The van der Waals surface area contributed by atoms with Gasteiger partial charge in [-0.1, -0.05) is 13.0 Å². The lowest BCUT2D eigenvalue weighted by molar-refractivity contribution is 0.256. The minimum atomic E-state index is -0.188. The van der Waals surface area contributed by atoms with Crippen molar-refractivity contribution in [3.05, 3.63) is 34.1 Å².